The van der Waals surface area contributed by atoms with Crippen LogP contribution in [0.1, 0.15) is 93.6 Å². The maximum Gasteiger partial charge on any atom is 0.348 e. The van der Waals surface area contributed by atoms with Gasteiger partial charge in [-0.1, -0.05) is 27.7 Å². The molecule has 2 N–H and O–H groups in total. The maximum absolute atomic E-state index is 14.0. The molecule has 3 aliphatic rings. The van der Waals surface area contributed by atoms with Crippen LogP contribution in [-0.2, 0) is 19.7 Å². The summed E-state index contributed by atoms with van der Waals surface area (Å²) in [5.41, 5.74) is 0.271. The number of carbonyl (C=O) groups excluding carboxylic acids is 1. The lowest BCUT2D eigenvalue weighted by Crippen LogP contribution is -2.50. The zero-order chi connectivity index (χ0) is 25.3. The molecule has 7 nitrogen and oxygen atoms in total. The van der Waals surface area contributed by atoms with Gasteiger partial charge in [-0.05, 0) is 68.8 Å². The Kier molecular flexibility index (Phi) is 8.25. The summed E-state index contributed by atoms with van der Waals surface area (Å²) in [5, 5.41) is 20.9. The number of hydrogen-bond acceptors (Lipinski definition) is 6. The molecule has 2 saturated carbocycles. The van der Waals surface area contributed by atoms with Crippen molar-refractivity contribution in [3.05, 3.63) is 15.8 Å². The van der Waals surface area contributed by atoms with Crippen LogP contribution in [0.25, 0.3) is 0 Å². The van der Waals surface area contributed by atoms with Gasteiger partial charge in [0.15, 0.2) is 0 Å². The summed E-state index contributed by atoms with van der Waals surface area (Å²) in [6.07, 6.45) is 5.83. The van der Waals surface area contributed by atoms with Gasteiger partial charge in [0.2, 0.25) is 5.91 Å². The summed E-state index contributed by atoms with van der Waals surface area (Å²) in [5.74, 6) is -1.23. The second kappa shape index (κ2) is 10.9. The lowest BCUT2D eigenvalue weighted by molar-refractivity contribution is -0.129. The molecule has 1 aliphatic heterocycles. The van der Waals surface area contributed by atoms with E-state index in [2.05, 4.69) is 27.7 Å². The molecule has 0 unspecified atom stereocenters. The van der Waals surface area contributed by atoms with Crippen molar-refractivity contribution in [1.29, 1.82) is 0 Å². The highest BCUT2D eigenvalue weighted by Crippen LogP contribution is 2.42. The molecule has 0 spiro atoms. The predicted octanol–water partition coefficient (Wildman–Crippen LogP) is 4.99. The monoisotopic (exact) mass is 507 g/mol. The summed E-state index contributed by atoms with van der Waals surface area (Å²) >= 11 is 1.26. The van der Waals surface area contributed by atoms with E-state index in [0.717, 1.165) is 50.0 Å². The lowest BCUT2D eigenvalue weighted by atomic mass is 9.79. The first-order valence-corrected chi connectivity index (χ1v) is 14.0. The molecule has 8 heteroatoms. The van der Waals surface area contributed by atoms with Crippen molar-refractivity contribution in [2.45, 2.75) is 109 Å². The predicted molar refractivity (Wildman–Crippen MR) is 136 cm³/mol. The number of anilines is 1. The summed E-state index contributed by atoms with van der Waals surface area (Å²) in [6.45, 7) is 9.67. The average molecular weight is 508 g/mol. The van der Waals surface area contributed by atoms with E-state index >= 15 is 0 Å². The minimum Gasteiger partial charge on any atom is -0.477 e. The molecular weight excluding hydrogens is 466 g/mol. The van der Waals surface area contributed by atoms with Gasteiger partial charge in [0, 0.05) is 17.5 Å². The third-order valence-electron chi connectivity index (χ3n) is 7.82. The Labute approximate surface area is 212 Å². The number of hydrogen-bond donors (Lipinski definition) is 2. The van der Waals surface area contributed by atoms with Crippen LogP contribution in [0.4, 0.5) is 5.69 Å². The number of ether oxygens (including phenoxy) is 2. The van der Waals surface area contributed by atoms with Gasteiger partial charge in [-0.25, -0.2) is 4.79 Å². The van der Waals surface area contributed by atoms with Gasteiger partial charge in [-0.2, -0.15) is 0 Å². The molecule has 3 fully saturated rings. The Balaban J connectivity index is 1.61. The summed E-state index contributed by atoms with van der Waals surface area (Å²) < 4.78 is 11.7. The van der Waals surface area contributed by atoms with Gasteiger partial charge < -0.3 is 24.6 Å². The largest absolute Gasteiger partial charge is 0.477 e. The van der Waals surface area contributed by atoms with Crippen molar-refractivity contribution in [2.75, 3.05) is 18.1 Å². The Hall–Kier alpha value is -1.48. The first-order chi connectivity index (χ1) is 16.5. The van der Waals surface area contributed by atoms with Crippen LogP contribution in [0, 0.1) is 11.8 Å². The lowest BCUT2D eigenvalue weighted by Gasteiger charge is -2.41. The molecule has 0 aromatic carbocycles. The number of amides is 1. The van der Waals surface area contributed by atoms with Crippen molar-refractivity contribution in [2.24, 2.45) is 11.8 Å². The highest BCUT2D eigenvalue weighted by Gasteiger charge is 2.41. The van der Waals surface area contributed by atoms with Gasteiger partial charge in [0.25, 0.3) is 0 Å². The second-order valence-corrected chi connectivity index (χ2v) is 12.8. The number of carbonyl (C=O) groups is 2. The quantitative estimate of drug-likeness (QED) is 0.563. The Morgan fingerprint density at radius 3 is 2.37 bits per heavy atom. The standard InChI is InChI=1S/C27H41NO6S/c1-16-5-10-20(22(29)13-16)25(30)28(21-14-23(27(2,3)4)35-24(21)26(31)32)17-6-8-18(9-7-17)34-19-11-12-33-15-19/h14,16-20,22,29H,5-13,15H2,1-4H3,(H,31,32)/t16-,17-,18-,19+,20-,22+/m1/s1. The molecule has 2 heterocycles. The number of aromatic carboxylic acids is 1. The van der Waals surface area contributed by atoms with Gasteiger partial charge in [0.1, 0.15) is 4.88 Å². The minimum absolute atomic E-state index is 0.103. The van der Waals surface area contributed by atoms with Crippen LogP contribution in [0.2, 0.25) is 0 Å². The van der Waals surface area contributed by atoms with E-state index in [-0.39, 0.29) is 34.4 Å². The Morgan fingerprint density at radius 2 is 1.80 bits per heavy atom. The van der Waals surface area contributed by atoms with Gasteiger partial charge in [0.05, 0.1) is 36.5 Å². The molecule has 196 valence electrons. The Morgan fingerprint density at radius 1 is 1.09 bits per heavy atom. The molecule has 0 bridgehead atoms. The number of carboxylic acid groups (broad SMARTS) is 1. The molecule has 0 radical (unpaired) electrons. The SMILES string of the molecule is C[C@@H]1CC[C@@H](C(=O)N(c2cc(C(C)(C)C)sc2C(=O)O)[C@H]2CC[C@H](O[C@H]3CCOC3)CC2)[C@@H](O)C1. The first-order valence-electron chi connectivity index (χ1n) is 13.2. The highest BCUT2D eigenvalue weighted by atomic mass is 32.1. The first kappa shape index (κ1) is 26.6. The van der Waals surface area contributed by atoms with Gasteiger partial charge in [-0.3, -0.25) is 4.79 Å². The third-order valence-corrected chi connectivity index (χ3v) is 9.36. The van der Waals surface area contributed by atoms with E-state index < -0.39 is 18.0 Å². The Bertz CT molecular complexity index is 894. The van der Waals surface area contributed by atoms with Crippen LogP contribution in [0.3, 0.4) is 0 Å². The van der Waals surface area contributed by atoms with Crippen LogP contribution in [0.5, 0.6) is 0 Å². The van der Waals surface area contributed by atoms with Crippen molar-refractivity contribution in [3.8, 4) is 0 Å². The van der Waals surface area contributed by atoms with Crippen LogP contribution in [0.15, 0.2) is 6.07 Å². The van der Waals surface area contributed by atoms with Crippen LogP contribution < -0.4 is 4.90 Å². The molecule has 1 aromatic heterocycles. The fourth-order valence-corrected chi connectivity index (χ4v) is 6.77. The average Bonchev–Trinajstić information content (AvgIpc) is 3.45. The summed E-state index contributed by atoms with van der Waals surface area (Å²) in [7, 11) is 0. The van der Waals surface area contributed by atoms with Crippen molar-refractivity contribution in [1.82, 2.24) is 0 Å². The minimum atomic E-state index is -1.01. The number of nitrogens with zero attached hydrogens (tertiary/aromatic N) is 1. The molecule has 2 aliphatic carbocycles. The highest BCUT2D eigenvalue weighted by molar-refractivity contribution is 7.14. The number of aliphatic hydroxyl groups excluding tert-OH is 1. The normalized spacial score (nSPS) is 31.9. The van der Waals surface area contributed by atoms with E-state index in [1.54, 1.807) is 4.90 Å². The molecule has 1 aromatic rings. The number of thiophene rings is 1. The zero-order valence-electron chi connectivity index (χ0n) is 21.5. The molecule has 35 heavy (non-hydrogen) atoms. The molecular formula is C27H41NO6S. The molecule has 1 amide bonds. The van der Waals surface area contributed by atoms with E-state index in [4.69, 9.17) is 9.47 Å². The zero-order valence-corrected chi connectivity index (χ0v) is 22.3. The van der Waals surface area contributed by atoms with Crippen LogP contribution in [-0.4, -0.2) is 59.7 Å². The summed E-state index contributed by atoms with van der Waals surface area (Å²) in [6, 6.07) is 1.80. The van der Waals surface area contributed by atoms with E-state index in [1.165, 1.54) is 11.3 Å². The van der Waals surface area contributed by atoms with Crippen molar-refractivity contribution < 1.29 is 29.3 Å². The molecule has 4 atom stereocenters. The van der Waals surface area contributed by atoms with Gasteiger partial charge in [-0.15, -0.1) is 11.3 Å². The van der Waals surface area contributed by atoms with Gasteiger partial charge >= 0.3 is 5.97 Å². The number of rotatable bonds is 6. The third kappa shape index (κ3) is 6.09. The number of aliphatic hydroxyl groups is 1. The topological polar surface area (TPSA) is 96.3 Å². The maximum atomic E-state index is 14.0. The fourth-order valence-electron chi connectivity index (χ4n) is 5.73. The smallest absolute Gasteiger partial charge is 0.348 e. The molecule has 4 rings (SSSR count). The van der Waals surface area contributed by atoms with E-state index in [9.17, 15) is 19.8 Å². The van der Waals surface area contributed by atoms with E-state index in [0.29, 0.717) is 31.1 Å². The summed E-state index contributed by atoms with van der Waals surface area (Å²) in [4.78, 5) is 29.2. The second-order valence-electron chi connectivity index (χ2n) is 11.7. The van der Waals surface area contributed by atoms with Crippen LogP contribution >= 0.6 is 11.3 Å². The van der Waals surface area contributed by atoms with E-state index in [1.807, 2.05) is 6.07 Å². The van der Waals surface area contributed by atoms with Crippen molar-refractivity contribution >= 4 is 28.9 Å². The fraction of sp³-hybridized carbons (Fsp3) is 0.778. The van der Waals surface area contributed by atoms with Crippen molar-refractivity contribution in [3.63, 3.8) is 0 Å². The number of carboxylic acids is 1. The molecule has 1 saturated heterocycles.